The van der Waals surface area contributed by atoms with Gasteiger partial charge in [0.15, 0.2) is 0 Å². The van der Waals surface area contributed by atoms with Crippen LogP contribution in [0.3, 0.4) is 0 Å². The largest absolute Gasteiger partial charge is 0.378 e. The minimum absolute atomic E-state index is 0.463. The molecular formula is C11H19N3O. The predicted octanol–water partition coefficient (Wildman–Crippen LogP) is 1.34. The van der Waals surface area contributed by atoms with Gasteiger partial charge in [-0.25, -0.2) is 4.98 Å². The fraction of sp³-hybridized carbons (Fsp3) is 0.727. The molecule has 0 unspecified atom stereocenters. The summed E-state index contributed by atoms with van der Waals surface area (Å²) in [6.07, 6.45) is 6.58. The van der Waals surface area contributed by atoms with E-state index in [2.05, 4.69) is 21.8 Å². The van der Waals surface area contributed by atoms with Gasteiger partial charge in [-0.3, -0.25) is 0 Å². The smallest absolute Gasteiger partial charge is 0.0951 e. The van der Waals surface area contributed by atoms with E-state index in [1.54, 1.807) is 0 Å². The van der Waals surface area contributed by atoms with Crippen molar-refractivity contribution < 1.29 is 4.74 Å². The zero-order chi connectivity index (χ0) is 10.7. The quantitative estimate of drug-likeness (QED) is 0.795. The highest BCUT2D eigenvalue weighted by Gasteiger charge is 2.31. The highest BCUT2D eigenvalue weighted by Crippen LogP contribution is 2.35. The molecular weight excluding hydrogens is 190 g/mol. The maximum Gasteiger partial charge on any atom is 0.0951 e. The lowest BCUT2D eigenvalue weighted by molar-refractivity contribution is -0.0203. The highest BCUT2D eigenvalue weighted by molar-refractivity contribution is 5.03. The molecule has 0 radical (unpaired) electrons. The van der Waals surface area contributed by atoms with Crippen LogP contribution in [0.1, 0.15) is 31.5 Å². The first kappa shape index (κ1) is 10.6. The van der Waals surface area contributed by atoms with Gasteiger partial charge in [0, 0.05) is 25.4 Å². The highest BCUT2D eigenvalue weighted by atomic mass is 16.5. The van der Waals surface area contributed by atoms with Crippen molar-refractivity contribution in [3.8, 4) is 0 Å². The van der Waals surface area contributed by atoms with Gasteiger partial charge in [0.05, 0.1) is 18.1 Å². The van der Waals surface area contributed by atoms with Gasteiger partial charge < -0.3 is 14.6 Å². The molecule has 15 heavy (non-hydrogen) atoms. The Bertz CT molecular complexity index is 305. The minimum Gasteiger partial charge on any atom is -0.378 e. The normalized spacial score (nSPS) is 25.2. The number of ether oxygens (including phenoxy) is 1. The average molecular weight is 209 g/mol. The van der Waals surface area contributed by atoms with E-state index in [0.717, 1.165) is 26.0 Å². The monoisotopic (exact) mass is 209 g/mol. The van der Waals surface area contributed by atoms with Gasteiger partial charge in [-0.1, -0.05) is 0 Å². The van der Waals surface area contributed by atoms with Crippen molar-refractivity contribution in [3.63, 3.8) is 0 Å². The minimum atomic E-state index is 0.463. The molecule has 1 heterocycles. The van der Waals surface area contributed by atoms with Crippen molar-refractivity contribution in [2.75, 3.05) is 13.7 Å². The van der Waals surface area contributed by atoms with E-state index in [-0.39, 0.29) is 0 Å². The van der Waals surface area contributed by atoms with E-state index >= 15 is 0 Å². The summed E-state index contributed by atoms with van der Waals surface area (Å²) in [4.78, 5) is 4.20. The maximum atomic E-state index is 5.56. The molecule has 1 aromatic heterocycles. The lowest BCUT2D eigenvalue weighted by atomic mass is 9.89. The van der Waals surface area contributed by atoms with Crippen LogP contribution in [0.25, 0.3) is 0 Å². The summed E-state index contributed by atoms with van der Waals surface area (Å²) in [5.41, 5.74) is 1.26. The first-order chi connectivity index (χ1) is 7.35. The van der Waals surface area contributed by atoms with Crippen molar-refractivity contribution in [1.82, 2.24) is 14.9 Å². The molecule has 4 heteroatoms. The second-order valence-electron chi connectivity index (χ2n) is 4.03. The fourth-order valence-electron chi connectivity index (χ4n) is 2.12. The molecule has 84 valence electrons. The lowest BCUT2D eigenvalue weighted by Crippen LogP contribution is -2.34. The van der Waals surface area contributed by atoms with Gasteiger partial charge in [-0.05, 0) is 26.8 Å². The molecule has 0 saturated heterocycles. The Morgan fingerprint density at radius 3 is 3.07 bits per heavy atom. The van der Waals surface area contributed by atoms with Gasteiger partial charge in [0.1, 0.15) is 0 Å². The molecule has 1 aromatic rings. The fourth-order valence-corrected chi connectivity index (χ4v) is 2.12. The standard InChI is InChI=1S/C11H19N3O/c1-3-15-11-4-9(5-11)14-8-13-7-10(14)6-12-2/h7-9,11-12H,3-6H2,1-2H3. The Morgan fingerprint density at radius 2 is 2.40 bits per heavy atom. The topological polar surface area (TPSA) is 39.1 Å². The summed E-state index contributed by atoms with van der Waals surface area (Å²) in [6, 6.07) is 0.590. The van der Waals surface area contributed by atoms with Crippen molar-refractivity contribution in [1.29, 1.82) is 0 Å². The van der Waals surface area contributed by atoms with E-state index in [4.69, 9.17) is 4.74 Å². The average Bonchev–Trinajstić information content (AvgIpc) is 2.59. The summed E-state index contributed by atoms with van der Waals surface area (Å²) in [5, 5.41) is 3.16. The Labute approximate surface area is 90.6 Å². The van der Waals surface area contributed by atoms with Crippen LogP contribution >= 0.6 is 0 Å². The summed E-state index contributed by atoms with van der Waals surface area (Å²) < 4.78 is 7.83. The molecule has 0 atom stereocenters. The summed E-state index contributed by atoms with van der Waals surface area (Å²) >= 11 is 0. The number of imidazole rings is 1. The van der Waals surface area contributed by atoms with Crippen molar-refractivity contribution in [3.05, 3.63) is 18.2 Å². The molecule has 1 fully saturated rings. The van der Waals surface area contributed by atoms with Crippen LogP contribution in [0.15, 0.2) is 12.5 Å². The van der Waals surface area contributed by atoms with E-state index in [1.807, 2.05) is 19.6 Å². The SMILES string of the molecule is CCOC1CC(n2cncc2CNC)C1. The number of hydrogen-bond donors (Lipinski definition) is 1. The third-order valence-corrected chi connectivity index (χ3v) is 2.97. The van der Waals surface area contributed by atoms with Crippen LogP contribution in [0.4, 0.5) is 0 Å². The third kappa shape index (κ3) is 2.21. The van der Waals surface area contributed by atoms with Crippen LogP contribution in [0.5, 0.6) is 0 Å². The molecule has 0 spiro atoms. The van der Waals surface area contributed by atoms with Crippen LogP contribution in [0.2, 0.25) is 0 Å². The molecule has 1 N–H and O–H groups in total. The number of aromatic nitrogens is 2. The molecule has 0 aliphatic heterocycles. The predicted molar refractivity (Wildman–Crippen MR) is 58.7 cm³/mol. The van der Waals surface area contributed by atoms with Crippen LogP contribution in [0, 0.1) is 0 Å². The van der Waals surface area contributed by atoms with E-state index in [0.29, 0.717) is 12.1 Å². The number of nitrogens with one attached hydrogen (secondary N) is 1. The third-order valence-electron chi connectivity index (χ3n) is 2.97. The molecule has 1 aliphatic rings. The van der Waals surface area contributed by atoms with Crippen LogP contribution < -0.4 is 5.32 Å². The summed E-state index contributed by atoms with van der Waals surface area (Å²) in [6.45, 7) is 3.76. The molecule has 2 rings (SSSR count). The van der Waals surface area contributed by atoms with Gasteiger partial charge >= 0.3 is 0 Å². The van der Waals surface area contributed by atoms with Crippen molar-refractivity contribution in [2.45, 2.75) is 38.5 Å². The second-order valence-corrected chi connectivity index (χ2v) is 4.03. The van der Waals surface area contributed by atoms with Crippen LogP contribution in [-0.4, -0.2) is 29.3 Å². The first-order valence-electron chi connectivity index (χ1n) is 5.62. The maximum absolute atomic E-state index is 5.56. The zero-order valence-corrected chi connectivity index (χ0v) is 9.44. The number of nitrogens with zero attached hydrogens (tertiary/aromatic N) is 2. The Morgan fingerprint density at radius 1 is 1.60 bits per heavy atom. The molecule has 4 nitrogen and oxygen atoms in total. The van der Waals surface area contributed by atoms with E-state index in [1.165, 1.54) is 5.69 Å². The van der Waals surface area contributed by atoms with Gasteiger partial charge in [0.25, 0.3) is 0 Å². The van der Waals surface area contributed by atoms with Crippen molar-refractivity contribution >= 4 is 0 Å². The Kier molecular flexibility index (Phi) is 3.38. The molecule has 0 aromatic carbocycles. The Balaban J connectivity index is 1.91. The van der Waals surface area contributed by atoms with E-state index in [9.17, 15) is 0 Å². The lowest BCUT2D eigenvalue weighted by Gasteiger charge is -2.36. The summed E-state index contributed by atoms with van der Waals surface area (Å²) in [5.74, 6) is 0. The van der Waals surface area contributed by atoms with Crippen LogP contribution in [-0.2, 0) is 11.3 Å². The van der Waals surface area contributed by atoms with Crippen molar-refractivity contribution in [2.24, 2.45) is 0 Å². The van der Waals surface area contributed by atoms with Gasteiger partial charge in [-0.15, -0.1) is 0 Å². The summed E-state index contributed by atoms with van der Waals surface area (Å²) in [7, 11) is 1.96. The number of rotatable bonds is 5. The second kappa shape index (κ2) is 4.77. The first-order valence-corrected chi connectivity index (χ1v) is 5.62. The van der Waals surface area contributed by atoms with E-state index < -0.39 is 0 Å². The number of hydrogen-bond acceptors (Lipinski definition) is 3. The molecule has 1 saturated carbocycles. The van der Waals surface area contributed by atoms with Gasteiger partial charge in [0.2, 0.25) is 0 Å². The molecule has 0 amide bonds. The molecule has 1 aliphatic carbocycles. The Hall–Kier alpha value is -0.870. The molecule has 0 bridgehead atoms. The zero-order valence-electron chi connectivity index (χ0n) is 9.44. The van der Waals surface area contributed by atoms with Gasteiger partial charge in [-0.2, -0.15) is 0 Å².